The Balaban J connectivity index is 1.43. The largest absolute Gasteiger partial charge is 0.355 e. The molecule has 6 heteroatoms. The Morgan fingerprint density at radius 3 is 2.63 bits per heavy atom. The third-order valence-electron chi connectivity index (χ3n) is 6.72. The molecule has 1 aromatic rings. The number of carbonyl (C=O) groups is 1. The second kappa shape index (κ2) is 7.34. The molecule has 4 rings (SSSR count). The Morgan fingerprint density at radius 1 is 1.26 bits per heavy atom. The van der Waals surface area contributed by atoms with Gasteiger partial charge in [-0.25, -0.2) is 0 Å². The summed E-state index contributed by atoms with van der Waals surface area (Å²) in [6.45, 7) is 3.60. The van der Waals surface area contributed by atoms with Crippen molar-refractivity contribution in [3.63, 3.8) is 0 Å². The maximum absolute atomic E-state index is 11.8. The minimum atomic E-state index is 0.0806. The van der Waals surface area contributed by atoms with E-state index in [-0.39, 0.29) is 16.7 Å². The van der Waals surface area contributed by atoms with Crippen LogP contribution in [-0.2, 0) is 10.2 Å². The first-order valence-electron chi connectivity index (χ1n) is 10.0. The number of amides is 1. The molecule has 0 radical (unpaired) electrons. The zero-order chi connectivity index (χ0) is 18.9. The van der Waals surface area contributed by atoms with Gasteiger partial charge in [0, 0.05) is 55.5 Å². The Kier molecular flexibility index (Phi) is 5.06. The Morgan fingerprint density at radius 2 is 2.04 bits per heavy atom. The van der Waals surface area contributed by atoms with E-state index >= 15 is 0 Å². The van der Waals surface area contributed by atoms with Crippen LogP contribution in [0.3, 0.4) is 0 Å². The second-order valence-corrected chi connectivity index (χ2v) is 8.96. The van der Waals surface area contributed by atoms with Crippen LogP contribution in [0.1, 0.15) is 44.1 Å². The van der Waals surface area contributed by atoms with E-state index in [9.17, 15) is 4.79 Å². The normalized spacial score (nSPS) is 27.4. The van der Waals surface area contributed by atoms with E-state index in [1.54, 1.807) is 0 Å². The molecule has 1 aromatic carbocycles. The molecule has 2 aliphatic heterocycles. The predicted molar refractivity (Wildman–Crippen MR) is 109 cm³/mol. The van der Waals surface area contributed by atoms with Gasteiger partial charge < -0.3 is 15.5 Å². The molecule has 1 unspecified atom stereocenters. The molecule has 3 fully saturated rings. The van der Waals surface area contributed by atoms with Gasteiger partial charge in [-0.3, -0.25) is 9.79 Å². The summed E-state index contributed by atoms with van der Waals surface area (Å²) in [5.41, 5.74) is 1.62. The number of hydrogen-bond donors (Lipinski definition) is 2. The summed E-state index contributed by atoms with van der Waals surface area (Å²) in [5, 5.41) is 7.46. The molecule has 1 spiro atoms. The molecule has 3 aliphatic rings. The zero-order valence-electron chi connectivity index (χ0n) is 16.1. The molecule has 2 heterocycles. The second-order valence-electron chi connectivity index (χ2n) is 8.52. The van der Waals surface area contributed by atoms with E-state index in [0.29, 0.717) is 6.42 Å². The number of piperidine rings is 1. The van der Waals surface area contributed by atoms with Crippen molar-refractivity contribution >= 4 is 23.5 Å². The van der Waals surface area contributed by atoms with Gasteiger partial charge in [-0.1, -0.05) is 30.2 Å². The van der Waals surface area contributed by atoms with Crippen LogP contribution in [0.4, 0.5) is 0 Å². The molecule has 0 aromatic heterocycles. The minimum Gasteiger partial charge on any atom is -0.355 e. The molecular formula is C21H29ClN4O. The first-order chi connectivity index (χ1) is 13.0. The zero-order valence-corrected chi connectivity index (χ0v) is 16.8. The van der Waals surface area contributed by atoms with Crippen LogP contribution in [0.2, 0.25) is 5.02 Å². The quantitative estimate of drug-likeness (QED) is 0.618. The van der Waals surface area contributed by atoms with Crippen molar-refractivity contribution in [3.05, 3.63) is 34.9 Å². The van der Waals surface area contributed by atoms with E-state index < -0.39 is 0 Å². The van der Waals surface area contributed by atoms with Crippen LogP contribution < -0.4 is 10.6 Å². The monoisotopic (exact) mass is 388 g/mol. The Labute approximate surface area is 166 Å². The van der Waals surface area contributed by atoms with Gasteiger partial charge >= 0.3 is 0 Å². The molecule has 1 aliphatic carbocycles. The number of halogens is 1. The van der Waals surface area contributed by atoms with Crippen LogP contribution in [0.15, 0.2) is 29.3 Å². The number of aliphatic imine (C=N–C) groups is 1. The van der Waals surface area contributed by atoms with Gasteiger partial charge in [0.1, 0.15) is 0 Å². The molecule has 1 atom stereocenters. The Hall–Kier alpha value is -1.75. The van der Waals surface area contributed by atoms with Crippen molar-refractivity contribution in [2.24, 2.45) is 10.4 Å². The van der Waals surface area contributed by atoms with E-state index in [1.165, 1.54) is 24.8 Å². The fourth-order valence-corrected chi connectivity index (χ4v) is 5.11. The van der Waals surface area contributed by atoms with Crippen LogP contribution in [0.25, 0.3) is 0 Å². The van der Waals surface area contributed by atoms with Crippen LogP contribution in [0.5, 0.6) is 0 Å². The summed E-state index contributed by atoms with van der Waals surface area (Å²) in [7, 11) is 1.86. The number of rotatable bonds is 3. The van der Waals surface area contributed by atoms with Crippen molar-refractivity contribution in [2.75, 3.05) is 33.2 Å². The lowest BCUT2D eigenvalue weighted by Gasteiger charge is -2.45. The molecular weight excluding hydrogens is 360 g/mol. The third-order valence-corrected chi connectivity index (χ3v) is 6.97. The van der Waals surface area contributed by atoms with Crippen molar-refractivity contribution in [1.82, 2.24) is 15.5 Å². The Bertz CT molecular complexity index is 728. The topological polar surface area (TPSA) is 56.7 Å². The summed E-state index contributed by atoms with van der Waals surface area (Å²) < 4.78 is 0. The SMILES string of the molecule is CN=C(NCC1(c2ccc(Cl)cc2)CCC1)N1CCCC2(CNC(=O)C2)C1. The van der Waals surface area contributed by atoms with Gasteiger partial charge in [0.2, 0.25) is 5.91 Å². The fraction of sp³-hybridized carbons (Fsp3) is 0.619. The van der Waals surface area contributed by atoms with Crippen LogP contribution in [-0.4, -0.2) is 50.0 Å². The highest BCUT2D eigenvalue weighted by Crippen LogP contribution is 2.43. The van der Waals surface area contributed by atoms with E-state index in [2.05, 4.69) is 32.7 Å². The highest BCUT2D eigenvalue weighted by Gasteiger charge is 2.43. The highest BCUT2D eigenvalue weighted by atomic mass is 35.5. The first kappa shape index (κ1) is 18.6. The molecule has 2 N–H and O–H groups in total. The first-order valence-corrected chi connectivity index (χ1v) is 10.4. The van der Waals surface area contributed by atoms with Crippen LogP contribution >= 0.6 is 11.6 Å². The summed E-state index contributed by atoms with van der Waals surface area (Å²) in [5.74, 6) is 1.16. The van der Waals surface area contributed by atoms with E-state index in [1.807, 2.05) is 19.2 Å². The van der Waals surface area contributed by atoms with Gasteiger partial charge in [0.05, 0.1) is 0 Å². The summed E-state index contributed by atoms with van der Waals surface area (Å²) in [6, 6.07) is 8.31. The molecule has 146 valence electrons. The van der Waals surface area contributed by atoms with E-state index in [0.717, 1.165) is 50.0 Å². The number of hydrogen-bond acceptors (Lipinski definition) is 2. The fourth-order valence-electron chi connectivity index (χ4n) is 4.98. The van der Waals surface area contributed by atoms with Gasteiger partial charge in [-0.15, -0.1) is 0 Å². The van der Waals surface area contributed by atoms with E-state index in [4.69, 9.17) is 11.6 Å². The van der Waals surface area contributed by atoms with Crippen molar-refractivity contribution < 1.29 is 4.79 Å². The molecule has 0 bridgehead atoms. The lowest BCUT2D eigenvalue weighted by atomic mass is 9.64. The summed E-state index contributed by atoms with van der Waals surface area (Å²) in [6.07, 6.45) is 6.53. The average Bonchev–Trinajstić information content (AvgIpc) is 2.98. The average molecular weight is 389 g/mol. The molecule has 1 saturated carbocycles. The van der Waals surface area contributed by atoms with Crippen molar-refractivity contribution in [3.8, 4) is 0 Å². The van der Waals surface area contributed by atoms with Crippen molar-refractivity contribution in [1.29, 1.82) is 0 Å². The lowest BCUT2D eigenvalue weighted by molar-refractivity contribution is -0.119. The molecule has 27 heavy (non-hydrogen) atoms. The maximum Gasteiger partial charge on any atom is 0.220 e. The number of benzene rings is 1. The molecule has 1 amide bonds. The number of nitrogens with one attached hydrogen (secondary N) is 2. The molecule has 2 saturated heterocycles. The number of guanidine groups is 1. The van der Waals surface area contributed by atoms with Gasteiger partial charge in [0.15, 0.2) is 5.96 Å². The number of likely N-dealkylation sites (tertiary alicyclic amines) is 1. The standard InChI is InChI=1S/C21H29ClN4O/c1-23-19(26-11-3-8-20(15-26)12-18(27)24-13-20)25-14-21(9-2-10-21)16-4-6-17(22)7-5-16/h4-7H,2-3,8-15H2,1H3,(H,23,25)(H,24,27). The van der Waals surface area contributed by atoms with Crippen molar-refractivity contribution in [2.45, 2.75) is 43.9 Å². The third kappa shape index (κ3) is 3.66. The number of nitrogens with zero attached hydrogens (tertiary/aromatic N) is 2. The van der Waals surface area contributed by atoms with Gasteiger partial charge in [0.25, 0.3) is 0 Å². The number of carbonyl (C=O) groups excluding carboxylic acids is 1. The molecule has 5 nitrogen and oxygen atoms in total. The summed E-state index contributed by atoms with van der Waals surface area (Å²) in [4.78, 5) is 18.7. The minimum absolute atomic E-state index is 0.0806. The maximum atomic E-state index is 11.8. The highest BCUT2D eigenvalue weighted by molar-refractivity contribution is 6.30. The van der Waals surface area contributed by atoms with Crippen LogP contribution in [0, 0.1) is 5.41 Å². The lowest BCUT2D eigenvalue weighted by Crippen LogP contribution is -2.54. The predicted octanol–water partition coefficient (Wildman–Crippen LogP) is 2.94. The van der Waals surface area contributed by atoms with Gasteiger partial charge in [-0.2, -0.15) is 0 Å². The smallest absolute Gasteiger partial charge is 0.220 e. The van der Waals surface area contributed by atoms with Gasteiger partial charge in [-0.05, 0) is 43.4 Å². The summed E-state index contributed by atoms with van der Waals surface area (Å²) >= 11 is 6.07.